The summed E-state index contributed by atoms with van der Waals surface area (Å²) in [4.78, 5) is 15.1. The molecule has 2 aromatic rings. The summed E-state index contributed by atoms with van der Waals surface area (Å²) in [7, 11) is 1.58. The molecule has 1 saturated heterocycles. The maximum Gasteiger partial charge on any atom is 0.251 e. The van der Waals surface area contributed by atoms with Crippen LogP contribution in [0.2, 0.25) is 0 Å². The van der Waals surface area contributed by atoms with Crippen molar-refractivity contribution in [1.29, 1.82) is 0 Å². The number of methoxy groups -OCH3 is 1. The van der Waals surface area contributed by atoms with Crippen LogP contribution in [0.3, 0.4) is 0 Å². The van der Waals surface area contributed by atoms with Gasteiger partial charge < -0.3 is 14.8 Å². The zero-order chi connectivity index (χ0) is 19.9. The Balaban J connectivity index is 1.67. The number of nitrogens with zero attached hydrogens (tertiary/aromatic N) is 1. The van der Waals surface area contributed by atoms with Crippen LogP contribution >= 0.6 is 15.9 Å². The number of likely N-dealkylation sites (tertiary alicyclic amines) is 1. The van der Waals surface area contributed by atoms with Gasteiger partial charge in [-0.3, -0.25) is 9.69 Å². The molecule has 1 aliphatic rings. The van der Waals surface area contributed by atoms with Gasteiger partial charge in [0.05, 0.1) is 11.6 Å². The summed E-state index contributed by atoms with van der Waals surface area (Å²) >= 11 is 3.53. The number of amides is 1. The molecule has 1 N–H and O–H groups in total. The summed E-state index contributed by atoms with van der Waals surface area (Å²) in [6.07, 6.45) is 2.33. The van der Waals surface area contributed by atoms with E-state index >= 15 is 0 Å². The smallest absolute Gasteiger partial charge is 0.251 e. The molecule has 0 aromatic heterocycles. The third-order valence-corrected chi connectivity index (χ3v) is 5.71. The van der Waals surface area contributed by atoms with Gasteiger partial charge in [-0.05, 0) is 59.6 Å². The van der Waals surface area contributed by atoms with Gasteiger partial charge in [0, 0.05) is 18.2 Å². The van der Waals surface area contributed by atoms with E-state index in [-0.39, 0.29) is 5.91 Å². The molecule has 0 aliphatic carbocycles. The molecule has 28 heavy (non-hydrogen) atoms. The van der Waals surface area contributed by atoms with Gasteiger partial charge in [0.15, 0.2) is 11.5 Å². The van der Waals surface area contributed by atoms with Crippen LogP contribution in [0.5, 0.6) is 11.5 Å². The van der Waals surface area contributed by atoms with Crippen molar-refractivity contribution in [3.05, 3.63) is 58.1 Å². The third-order valence-electron chi connectivity index (χ3n) is 5.12. The van der Waals surface area contributed by atoms with Crippen molar-refractivity contribution in [3.63, 3.8) is 0 Å². The lowest BCUT2D eigenvalue weighted by Gasteiger charge is -2.23. The van der Waals surface area contributed by atoms with Crippen molar-refractivity contribution in [2.75, 3.05) is 26.7 Å². The maximum atomic E-state index is 12.7. The minimum atomic E-state index is -0.100. The van der Waals surface area contributed by atoms with E-state index in [9.17, 15) is 4.79 Å². The SMILES string of the molecule is CCN1CCCC1CNC(=O)c1cc(Br)c(OCc2ccccc2)c(OC)c1. The van der Waals surface area contributed by atoms with Crippen LogP contribution < -0.4 is 14.8 Å². The highest BCUT2D eigenvalue weighted by molar-refractivity contribution is 9.10. The van der Waals surface area contributed by atoms with Crippen molar-refractivity contribution in [1.82, 2.24) is 10.2 Å². The summed E-state index contributed by atoms with van der Waals surface area (Å²) < 4.78 is 12.1. The number of rotatable bonds is 8. The molecule has 1 unspecified atom stereocenters. The lowest BCUT2D eigenvalue weighted by atomic mass is 10.1. The minimum absolute atomic E-state index is 0.100. The average molecular weight is 447 g/mol. The van der Waals surface area contributed by atoms with Crippen molar-refractivity contribution >= 4 is 21.8 Å². The summed E-state index contributed by atoms with van der Waals surface area (Å²) in [6, 6.07) is 13.9. The molecule has 1 atom stereocenters. The van der Waals surface area contributed by atoms with Gasteiger partial charge in [-0.2, -0.15) is 0 Å². The fourth-order valence-corrected chi connectivity index (χ4v) is 4.13. The number of likely N-dealkylation sites (N-methyl/N-ethyl adjacent to an activating group) is 1. The normalized spacial score (nSPS) is 16.8. The predicted octanol–water partition coefficient (Wildman–Crippen LogP) is 4.25. The van der Waals surface area contributed by atoms with Crippen molar-refractivity contribution in [2.24, 2.45) is 0 Å². The van der Waals surface area contributed by atoms with Gasteiger partial charge in [0.2, 0.25) is 0 Å². The quantitative estimate of drug-likeness (QED) is 0.658. The number of benzene rings is 2. The molecule has 0 saturated carbocycles. The average Bonchev–Trinajstić information content (AvgIpc) is 3.18. The Hall–Kier alpha value is -2.05. The molecule has 0 spiro atoms. The van der Waals surface area contributed by atoms with Crippen LogP contribution in [0.4, 0.5) is 0 Å². The van der Waals surface area contributed by atoms with Gasteiger partial charge in [0.1, 0.15) is 6.61 Å². The van der Waals surface area contributed by atoms with Gasteiger partial charge >= 0.3 is 0 Å². The Morgan fingerprint density at radius 1 is 1.29 bits per heavy atom. The van der Waals surface area contributed by atoms with Crippen LogP contribution in [0, 0.1) is 0 Å². The second-order valence-corrected chi connectivity index (χ2v) is 7.75. The van der Waals surface area contributed by atoms with Crippen LogP contribution in [0.25, 0.3) is 0 Å². The highest BCUT2D eigenvalue weighted by Crippen LogP contribution is 2.37. The predicted molar refractivity (Wildman–Crippen MR) is 114 cm³/mol. The van der Waals surface area contributed by atoms with Crippen LogP contribution in [0.1, 0.15) is 35.7 Å². The maximum absolute atomic E-state index is 12.7. The zero-order valence-electron chi connectivity index (χ0n) is 16.4. The first-order valence-corrected chi connectivity index (χ1v) is 10.5. The summed E-state index contributed by atoms with van der Waals surface area (Å²) in [5.41, 5.74) is 1.62. The molecule has 0 radical (unpaired) electrons. The molecular weight excluding hydrogens is 420 g/mol. The third kappa shape index (κ3) is 5.06. The van der Waals surface area contributed by atoms with E-state index in [1.54, 1.807) is 19.2 Å². The fourth-order valence-electron chi connectivity index (χ4n) is 3.58. The Bertz CT molecular complexity index is 798. The highest BCUT2D eigenvalue weighted by atomic mass is 79.9. The molecule has 1 aliphatic heterocycles. The molecule has 5 nitrogen and oxygen atoms in total. The molecule has 1 fully saturated rings. The van der Waals surface area contributed by atoms with Gasteiger partial charge in [-0.25, -0.2) is 0 Å². The van der Waals surface area contributed by atoms with E-state index < -0.39 is 0 Å². The van der Waals surface area contributed by atoms with Crippen molar-refractivity contribution in [2.45, 2.75) is 32.4 Å². The van der Waals surface area contributed by atoms with Crippen LogP contribution in [-0.4, -0.2) is 43.6 Å². The number of hydrogen-bond acceptors (Lipinski definition) is 4. The number of carbonyl (C=O) groups is 1. The van der Waals surface area contributed by atoms with Gasteiger partial charge in [0.25, 0.3) is 5.91 Å². The topological polar surface area (TPSA) is 50.8 Å². The lowest BCUT2D eigenvalue weighted by molar-refractivity contribution is 0.0941. The Labute approximate surface area is 175 Å². The standard InChI is InChI=1S/C22H27BrN2O3/c1-3-25-11-7-10-18(25)14-24-22(26)17-12-19(23)21(20(13-17)27-2)28-15-16-8-5-4-6-9-16/h4-6,8-9,12-13,18H,3,7,10-11,14-15H2,1-2H3,(H,24,26). The lowest BCUT2D eigenvalue weighted by Crippen LogP contribution is -2.40. The van der Waals surface area contributed by atoms with Crippen LogP contribution in [0.15, 0.2) is 46.9 Å². The molecule has 6 heteroatoms. The van der Waals surface area contributed by atoms with E-state index in [4.69, 9.17) is 9.47 Å². The van der Waals surface area contributed by atoms with E-state index in [1.807, 2.05) is 30.3 Å². The molecule has 3 rings (SSSR count). The fraction of sp³-hybridized carbons (Fsp3) is 0.409. The summed E-state index contributed by atoms with van der Waals surface area (Å²) in [6.45, 7) is 5.39. The monoisotopic (exact) mass is 446 g/mol. The van der Waals surface area contributed by atoms with Crippen molar-refractivity contribution in [3.8, 4) is 11.5 Å². The Kier molecular flexibility index (Phi) is 7.34. The number of hydrogen-bond donors (Lipinski definition) is 1. The largest absolute Gasteiger partial charge is 0.493 e. The number of nitrogens with one attached hydrogen (secondary N) is 1. The second-order valence-electron chi connectivity index (χ2n) is 6.90. The first kappa shape index (κ1) is 20.7. The van der Waals surface area contributed by atoms with Crippen LogP contribution in [-0.2, 0) is 6.61 Å². The Morgan fingerprint density at radius 3 is 2.79 bits per heavy atom. The van der Waals surface area contributed by atoms with E-state index in [2.05, 4.69) is 33.1 Å². The van der Waals surface area contributed by atoms with Gasteiger partial charge in [-0.1, -0.05) is 37.3 Å². The van der Waals surface area contributed by atoms with E-state index in [1.165, 1.54) is 6.42 Å². The number of ether oxygens (including phenoxy) is 2. The van der Waals surface area contributed by atoms with E-state index in [0.717, 1.165) is 25.1 Å². The number of halogens is 1. The molecule has 150 valence electrons. The molecular formula is C22H27BrN2O3. The first-order valence-electron chi connectivity index (χ1n) is 9.69. The molecule has 1 heterocycles. The highest BCUT2D eigenvalue weighted by Gasteiger charge is 2.24. The Morgan fingerprint density at radius 2 is 2.07 bits per heavy atom. The summed E-state index contributed by atoms with van der Waals surface area (Å²) in [5, 5.41) is 3.06. The van der Waals surface area contributed by atoms with E-state index in [0.29, 0.717) is 40.7 Å². The minimum Gasteiger partial charge on any atom is -0.493 e. The first-order chi connectivity index (χ1) is 13.6. The zero-order valence-corrected chi connectivity index (χ0v) is 18.0. The van der Waals surface area contributed by atoms with Gasteiger partial charge in [-0.15, -0.1) is 0 Å². The van der Waals surface area contributed by atoms with Crippen molar-refractivity contribution < 1.29 is 14.3 Å². The second kappa shape index (κ2) is 9.94. The molecule has 1 amide bonds. The summed E-state index contributed by atoms with van der Waals surface area (Å²) in [5.74, 6) is 1.03. The number of carbonyl (C=O) groups excluding carboxylic acids is 1. The molecule has 0 bridgehead atoms. The molecule has 2 aromatic carbocycles.